The molecule has 2 atom stereocenters. The first-order chi connectivity index (χ1) is 12.0. The van der Waals surface area contributed by atoms with E-state index in [9.17, 15) is 9.59 Å². The molecule has 1 heterocycles. The maximum Gasteiger partial charge on any atom is 0.227 e. The largest absolute Gasteiger partial charge is 0.349 e. The van der Waals surface area contributed by atoms with Crippen molar-refractivity contribution in [1.29, 1.82) is 0 Å². The molecule has 130 valence electrons. The van der Waals surface area contributed by atoms with Gasteiger partial charge < -0.3 is 10.2 Å². The van der Waals surface area contributed by atoms with Crippen LogP contribution in [0.15, 0.2) is 48.5 Å². The van der Waals surface area contributed by atoms with Crippen LogP contribution in [0.4, 0.5) is 5.69 Å². The lowest BCUT2D eigenvalue weighted by Crippen LogP contribution is -2.34. The van der Waals surface area contributed by atoms with Crippen molar-refractivity contribution in [1.82, 2.24) is 5.32 Å². The average molecular weight is 357 g/mol. The van der Waals surface area contributed by atoms with Crippen molar-refractivity contribution < 1.29 is 9.59 Å². The Morgan fingerprint density at radius 1 is 1.20 bits per heavy atom. The Balaban J connectivity index is 1.66. The monoisotopic (exact) mass is 356 g/mol. The molecule has 0 unspecified atom stereocenters. The molecule has 2 amide bonds. The fourth-order valence-corrected chi connectivity index (χ4v) is 3.39. The fraction of sp³-hybridized carbons (Fsp3) is 0.300. The number of nitrogens with one attached hydrogen (secondary N) is 1. The number of carbonyl (C=O) groups is 2. The third kappa shape index (κ3) is 3.85. The maximum absolute atomic E-state index is 12.6. The molecule has 3 rings (SSSR count). The topological polar surface area (TPSA) is 49.4 Å². The van der Waals surface area contributed by atoms with Crippen molar-refractivity contribution in [3.63, 3.8) is 0 Å². The Morgan fingerprint density at radius 3 is 2.56 bits per heavy atom. The molecule has 0 aliphatic carbocycles. The van der Waals surface area contributed by atoms with Crippen LogP contribution in [0.5, 0.6) is 0 Å². The van der Waals surface area contributed by atoms with Crippen LogP contribution in [0.3, 0.4) is 0 Å². The fourth-order valence-electron chi connectivity index (χ4n) is 3.09. The van der Waals surface area contributed by atoms with E-state index in [-0.39, 0.29) is 30.2 Å². The molecule has 2 aromatic carbocycles. The molecular weight excluding hydrogens is 336 g/mol. The summed E-state index contributed by atoms with van der Waals surface area (Å²) in [5.74, 6) is -0.483. The zero-order chi connectivity index (χ0) is 18.0. The van der Waals surface area contributed by atoms with Gasteiger partial charge in [0.1, 0.15) is 0 Å². The standard InChI is InChI=1S/C20H21ClN2O2/c1-13-7-9-16(10-8-13)23-12-15(11-19(23)24)20(25)22-14(2)17-5-3-4-6-18(17)21/h3-10,14-15H,11-12H2,1-2H3,(H,22,25)/t14-,15-/m1/s1. The SMILES string of the molecule is Cc1ccc(N2C[C@H](C(=O)N[C@H](C)c3ccccc3Cl)CC2=O)cc1. The van der Waals surface area contributed by atoms with Crippen molar-refractivity contribution in [3.05, 3.63) is 64.7 Å². The molecule has 2 aromatic rings. The van der Waals surface area contributed by atoms with Crippen LogP contribution < -0.4 is 10.2 Å². The van der Waals surface area contributed by atoms with Crippen LogP contribution in [0, 0.1) is 12.8 Å². The number of aryl methyl sites for hydroxylation is 1. The molecule has 1 N–H and O–H groups in total. The molecular formula is C20H21ClN2O2. The molecule has 0 saturated carbocycles. The summed E-state index contributed by atoms with van der Waals surface area (Å²) in [6.45, 7) is 4.30. The van der Waals surface area contributed by atoms with Crippen molar-refractivity contribution in [3.8, 4) is 0 Å². The summed E-state index contributed by atoms with van der Waals surface area (Å²) in [7, 11) is 0. The highest BCUT2D eigenvalue weighted by molar-refractivity contribution is 6.31. The molecule has 4 nitrogen and oxygen atoms in total. The van der Waals surface area contributed by atoms with Crippen molar-refractivity contribution in [2.45, 2.75) is 26.3 Å². The number of hydrogen-bond donors (Lipinski definition) is 1. The minimum absolute atomic E-state index is 0.0191. The molecule has 0 radical (unpaired) electrons. The molecule has 0 aromatic heterocycles. The number of anilines is 1. The Hall–Kier alpha value is -2.33. The highest BCUT2D eigenvalue weighted by Crippen LogP contribution is 2.27. The maximum atomic E-state index is 12.6. The first-order valence-corrected chi connectivity index (χ1v) is 8.75. The van der Waals surface area contributed by atoms with E-state index in [4.69, 9.17) is 11.6 Å². The Bertz CT molecular complexity index is 789. The number of carbonyl (C=O) groups excluding carboxylic acids is 2. The molecule has 1 aliphatic heterocycles. The predicted octanol–water partition coefficient (Wildman–Crippen LogP) is 3.88. The van der Waals surface area contributed by atoms with E-state index in [2.05, 4.69) is 5.32 Å². The smallest absolute Gasteiger partial charge is 0.227 e. The third-order valence-corrected chi connectivity index (χ3v) is 4.92. The first-order valence-electron chi connectivity index (χ1n) is 8.37. The summed E-state index contributed by atoms with van der Waals surface area (Å²) < 4.78 is 0. The normalized spacial score (nSPS) is 18.3. The number of hydrogen-bond acceptors (Lipinski definition) is 2. The van der Waals surface area contributed by atoms with Gasteiger partial charge in [0.25, 0.3) is 0 Å². The van der Waals surface area contributed by atoms with Gasteiger partial charge in [-0.3, -0.25) is 9.59 Å². The van der Waals surface area contributed by atoms with Gasteiger partial charge in [0.05, 0.1) is 12.0 Å². The minimum atomic E-state index is -0.348. The number of amides is 2. The number of nitrogens with zero attached hydrogens (tertiary/aromatic N) is 1. The summed E-state index contributed by atoms with van der Waals surface area (Å²) >= 11 is 6.19. The average Bonchev–Trinajstić information content (AvgIpc) is 2.98. The third-order valence-electron chi connectivity index (χ3n) is 4.57. The second kappa shape index (κ2) is 7.28. The lowest BCUT2D eigenvalue weighted by atomic mass is 10.0. The Morgan fingerprint density at radius 2 is 1.88 bits per heavy atom. The van der Waals surface area contributed by atoms with Crippen molar-refractivity contribution in [2.75, 3.05) is 11.4 Å². The molecule has 1 saturated heterocycles. The van der Waals surface area contributed by atoms with Gasteiger partial charge in [0.15, 0.2) is 0 Å². The highest BCUT2D eigenvalue weighted by atomic mass is 35.5. The van der Waals surface area contributed by atoms with E-state index in [0.717, 1.165) is 16.8 Å². The highest BCUT2D eigenvalue weighted by Gasteiger charge is 2.35. The Kier molecular flexibility index (Phi) is 5.09. The molecule has 1 aliphatic rings. The molecule has 25 heavy (non-hydrogen) atoms. The molecule has 0 spiro atoms. The van der Waals surface area contributed by atoms with Gasteiger partial charge in [-0.2, -0.15) is 0 Å². The van der Waals surface area contributed by atoms with E-state index in [1.165, 1.54) is 0 Å². The van der Waals surface area contributed by atoms with Crippen molar-refractivity contribution in [2.24, 2.45) is 5.92 Å². The number of halogens is 1. The van der Waals surface area contributed by atoms with E-state index >= 15 is 0 Å². The van der Waals surface area contributed by atoms with Crippen molar-refractivity contribution >= 4 is 29.1 Å². The van der Waals surface area contributed by atoms with Gasteiger partial charge in [0.2, 0.25) is 11.8 Å². The lowest BCUT2D eigenvalue weighted by Gasteiger charge is -2.19. The lowest BCUT2D eigenvalue weighted by molar-refractivity contribution is -0.126. The predicted molar refractivity (Wildman–Crippen MR) is 99.6 cm³/mol. The van der Waals surface area contributed by atoms with Gasteiger partial charge in [-0.05, 0) is 37.6 Å². The van der Waals surface area contributed by atoms with Crippen LogP contribution in [-0.2, 0) is 9.59 Å². The number of benzene rings is 2. The second-order valence-corrected chi connectivity index (χ2v) is 6.90. The number of rotatable bonds is 4. The van der Waals surface area contributed by atoms with Crippen LogP contribution in [0.2, 0.25) is 5.02 Å². The summed E-state index contributed by atoms with van der Waals surface area (Å²) in [5.41, 5.74) is 2.85. The minimum Gasteiger partial charge on any atom is -0.349 e. The molecule has 1 fully saturated rings. The van der Waals surface area contributed by atoms with Gasteiger partial charge >= 0.3 is 0 Å². The van der Waals surface area contributed by atoms with E-state index in [1.54, 1.807) is 11.0 Å². The van der Waals surface area contributed by atoms with Gasteiger partial charge in [-0.1, -0.05) is 47.5 Å². The summed E-state index contributed by atoms with van der Waals surface area (Å²) in [5, 5.41) is 3.60. The van der Waals surface area contributed by atoms with E-state index in [1.807, 2.05) is 56.3 Å². The summed E-state index contributed by atoms with van der Waals surface area (Å²) in [6, 6.07) is 15.0. The van der Waals surface area contributed by atoms with Crippen LogP contribution in [0.1, 0.15) is 30.5 Å². The Labute approximate surface area is 152 Å². The zero-order valence-electron chi connectivity index (χ0n) is 14.3. The summed E-state index contributed by atoms with van der Waals surface area (Å²) in [6.07, 6.45) is 0.231. The van der Waals surface area contributed by atoms with Crippen LogP contribution in [-0.4, -0.2) is 18.4 Å². The quantitative estimate of drug-likeness (QED) is 0.903. The summed E-state index contributed by atoms with van der Waals surface area (Å²) in [4.78, 5) is 26.6. The zero-order valence-corrected chi connectivity index (χ0v) is 15.1. The molecule has 0 bridgehead atoms. The van der Waals surface area contributed by atoms with Gasteiger partial charge in [-0.25, -0.2) is 0 Å². The van der Waals surface area contributed by atoms with Gasteiger partial charge in [0, 0.05) is 23.7 Å². The van der Waals surface area contributed by atoms with Crippen LogP contribution >= 0.6 is 11.6 Å². The van der Waals surface area contributed by atoms with E-state index < -0.39 is 0 Å². The first kappa shape index (κ1) is 17.5. The van der Waals surface area contributed by atoms with Crippen LogP contribution in [0.25, 0.3) is 0 Å². The molecule has 5 heteroatoms. The van der Waals surface area contributed by atoms with Gasteiger partial charge in [-0.15, -0.1) is 0 Å². The van der Waals surface area contributed by atoms with E-state index in [0.29, 0.717) is 11.6 Å². The second-order valence-electron chi connectivity index (χ2n) is 6.49.